The maximum absolute atomic E-state index is 10.6. The quantitative estimate of drug-likeness (QED) is 0.800. The molecule has 1 N–H and O–H groups in total. The summed E-state index contributed by atoms with van der Waals surface area (Å²) in [7, 11) is 0. The summed E-state index contributed by atoms with van der Waals surface area (Å²) in [5.74, 6) is 0.113. The third-order valence-corrected chi connectivity index (χ3v) is 1.66. The zero-order valence-electron chi connectivity index (χ0n) is 8.36. The Hall–Kier alpha value is -1.51. The number of aromatic carboxylic acids is 1. The van der Waals surface area contributed by atoms with Gasteiger partial charge in [0.1, 0.15) is 5.75 Å². The van der Waals surface area contributed by atoms with Crippen LogP contribution in [0.2, 0.25) is 0 Å². The van der Waals surface area contributed by atoms with Crippen molar-refractivity contribution < 1.29 is 14.6 Å². The normalized spacial score (nSPS) is 10.2. The summed E-state index contributed by atoms with van der Waals surface area (Å²) in [5, 5.41) is 8.73. The van der Waals surface area contributed by atoms with Crippen LogP contribution in [0.4, 0.5) is 0 Å². The monoisotopic (exact) mass is 194 g/mol. The van der Waals surface area contributed by atoms with Gasteiger partial charge in [0.25, 0.3) is 0 Å². The van der Waals surface area contributed by atoms with Gasteiger partial charge in [-0.1, -0.05) is 19.9 Å². The predicted octanol–water partition coefficient (Wildman–Crippen LogP) is 2.42. The molecule has 0 radical (unpaired) electrons. The molecule has 14 heavy (non-hydrogen) atoms. The van der Waals surface area contributed by atoms with Crippen LogP contribution < -0.4 is 4.74 Å². The number of carboxylic acids is 1. The van der Waals surface area contributed by atoms with E-state index in [9.17, 15) is 4.79 Å². The molecule has 0 atom stereocenters. The van der Waals surface area contributed by atoms with Crippen molar-refractivity contribution in [2.24, 2.45) is 5.92 Å². The van der Waals surface area contributed by atoms with Crippen molar-refractivity contribution in [3.63, 3.8) is 0 Å². The van der Waals surface area contributed by atoms with Gasteiger partial charge < -0.3 is 9.84 Å². The Labute approximate surface area is 83.3 Å². The number of carboxylic acid groups (broad SMARTS) is 1. The first-order valence-electron chi connectivity index (χ1n) is 4.55. The molecule has 0 aliphatic carbocycles. The van der Waals surface area contributed by atoms with Gasteiger partial charge in [-0.05, 0) is 24.1 Å². The third kappa shape index (κ3) is 3.09. The van der Waals surface area contributed by atoms with Gasteiger partial charge in [0.05, 0.1) is 12.2 Å². The van der Waals surface area contributed by atoms with Crippen LogP contribution >= 0.6 is 0 Å². The Morgan fingerprint density at radius 3 is 2.79 bits per heavy atom. The highest BCUT2D eigenvalue weighted by atomic mass is 16.5. The summed E-state index contributed by atoms with van der Waals surface area (Å²) < 4.78 is 5.39. The van der Waals surface area contributed by atoms with Gasteiger partial charge in [-0.25, -0.2) is 4.79 Å². The maximum atomic E-state index is 10.6. The summed E-state index contributed by atoms with van der Waals surface area (Å²) >= 11 is 0. The molecule has 1 rings (SSSR count). The minimum Gasteiger partial charge on any atom is -0.493 e. The lowest BCUT2D eigenvalue weighted by atomic mass is 10.2. The number of benzene rings is 1. The molecule has 3 nitrogen and oxygen atoms in total. The van der Waals surface area contributed by atoms with E-state index < -0.39 is 5.97 Å². The third-order valence-electron chi connectivity index (χ3n) is 1.66. The summed E-state index contributed by atoms with van der Waals surface area (Å²) in [6.45, 7) is 4.69. The van der Waals surface area contributed by atoms with Gasteiger partial charge in [0.2, 0.25) is 0 Å². The molecule has 0 bridgehead atoms. The smallest absolute Gasteiger partial charge is 0.335 e. The number of ether oxygens (including phenoxy) is 1. The van der Waals surface area contributed by atoms with Gasteiger partial charge >= 0.3 is 5.97 Å². The van der Waals surface area contributed by atoms with E-state index in [-0.39, 0.29) is 5.56 Å². The van der Waals surface area contributed by atoms with Crippen LogP contribution in [0.5, 0.6) is 5.75 Å². The maximum Gasteiger partial charge on any atom is 0.335 e. The van der Waals surface area contributed by atoms with E-state index in [1.807, 2.05) is 13.8 Å². The molecule has 0 saturated heterocycles. The van der Waals surface area contributed by atoms with Gasteiger partial charge in [0, 0.05) is 0 Å². The van der Waals surface area contributed by atoms with Gasteiger partial charge in [-0.3, -0.25) is 0 Å². The van der Waals surface area contributed by atoms with E-state index in [4.69, 9.17) is 9.84 Å². The fourth-order valence-corrected chi connectivity index (χ4v) is 0.982. The molecular formula is C11H14O3. The van der Waals surface area contributed by atoms with Crippen LogP contribution in [0, 0.1) is 5.92 Å². The molecule has 0 aliphatic heterocycles. The molecule has 0 amide bonds. The van der Waals surface area contributed by atoms with E-state index in [1.54, 1.807) is 18.2 Å². The molecule has 3 heteroatoms. The molecule has 0 spiro atoms. The lowest BCUT2D eigenvalue weighted by molar-refractivity contribution is 0.0696. The Morgan fingerprint density at radius 2 is 2.21 bits per heavy atom. The van der Waals surface area contributed by atoms with Gasteiger partial charge in [-0.15, -0.1) is 0 Å². The topological polar surface area (TPSA) is 46.5 Å². The van der Waals surface area contributed by atoms with Crippen molar-refractivity contribution in [3.05, 3.63) is 29.8 Å². The zero-order chi connectivity index (χ0) is 10.6. The Kier molecular flexibility index (Phi) is 3.51. The molecule has 0 aromatic heterocycles. The van der Waals surface area contributed by atoms with Crippen molar-refractivity contribution >= 4 is 5.97 Å². The van der Waals surface area contributed by atoms with E-state index in [2.05, 4.69) is 0 Å². The van der Waals surface area contributed by atoms with Gasteiger partial charge in [0.15, 0.2) is 0 Å². The fourth-order valence-electron chi connectivity index (χ4n) is 0.982. The lowest BCUT2D eigenvalue weighted by Gasteiger charge is -2.08. The summed E-state index contributed by atoms with van der Waals surface area (Å²) in [6.07, 6.45) is 0. The first-order valence-corrected chi connectivity index (χ1v) is 4.55. The highest BCUT2D eigenvalue weighted by molar-refractivity contribution is 5.87. The Bertz CT molecular complexity index is 318. The standard InChI is InChI=1S/C11H14O3/c1-8(2)7-14-10-5-3-4-9(6-10)11(12)13/h3-6,8H,7H2,1-2H3,(H,12,13). The van der Waals surface area contributed by atoms with E-state index >= 15 is 0 Å². The number of rotatable bonds is 4. The molecular weight excluding hydrogens is 180 g/mol. The number of hydrogen-bond donors (Lipinski definition) is 1. The Balaban J connectivity index is 2.69. The second-order valence-electron chi connectivity index (χ2n) is 3.54. The van der Waals surface area contributed by atoms with Crippen LogP contribution in [0.15, 0.2) is 24.3 Å². The second-order valence-corrected chi connectivity index (χ2v) is 3.54. The minimum atomic E-state index is -0.931. The molecule has 1 aromatic carbocycles. The highest BCUT2D eigenvalue weighted by Crippen LogP contribution is 2.14. The van der Waals surface area contributed by atoms with Crippen molar-refractivity contribution in [2.45, 2.75) is 13.8 Å². The molecule has 0 heterocycles. The zero-order valence-corrected chi connectivity index (χ0v) is 8.36. The first-order chi connectivity index (χ1) is 6.59. The van der Waals surface area contributed by atoms with E-state index in [0.717, 1.165) is 0 Å². The number of hydrogen-bond acceptors (Lipinski definition) is 2. The van der Waals surface area contributed by atoms with Crippen LogP contribution in [0.3, 0.4) is 0 Å². The van der Waals surface area contributed by atoms with Gasteiger partial charge in [-0.2, -0.15) is 0 Å². The lowest BCUT2D eigenvalue weighted by Crippen LogP contribution is -2.05. The van der Waals surface area contributed by atoms with Crippen LogP contribution in [-0.4, -0.2) is 17.7 Å². The average Bonchev–Trinajstić information content (AvgIpc) is 2.15. The highest BCUT2D eigenvalue weighted by Gasteiger charge is 2.03. The summed E-state index contributed by atoms with van der Waals surface area (Å²) in [4.78, 5) is 10.6. The largest absolute Gasteiger partial charge is 0.493 e. The SMILES string of the molecule is CC(C)COc1cccc(C(=O)O)c1. The molecule has 1 aromatic rings. The average molecular weight is 194 g/mol. The van der Waals surface area contributed by atoms with Crippen molar-refractivity contribution in [1.82, 2.24) is 0 Å². The van der Waals surface area contributed by atoms with Crippen LogP contribution in [0.1, 0.15) is 24.2 Å². The van der Waals surface area contributed by atoms with Crippen molar-refractivity contribution in [3.8, 4) is 5.75 Å². The van der Waals surface area contributed by atoms with Crippen molar-refractivity contribution in [1.29, 1.82) is 0 Å². The van der Waals surface area contributed by atoms with Crippen LogP contribution in [0.25, 0.3) is 0 Å². The fraction of sp³-hybridized carbons (Fsp3) is 0.364. The molecule has 0 unspecified atom stereocenters. The predicted molar refractivity (Wildman–Crippen MR) is 53.7 cm³/mol. The summed E-state index contributed by atoms with van der Waals surface area (Å²) in [5.41, 5.74) is 0.256. The molecule has 0 aliphatic rings. The molecule has 76 valence electrons. The first kappa shape index (κ1) is 10.6. The Morgan fingerprint density at radius 1 is 1.50 bits per heavy atom. The van der Waals surface area contributed by atoms with Crippen LogP contribution in [-0.2, 0) is 0 Å². The number of carbonyl (C=O) groups is 1. The molecule has 0 saturated carbocycles. The second kappa shape index (κ2) is 4.65. The minimum absolute atomic E-state index is 0.256. The van der Waals surface area contributed by atoms with E-state index in [0.29, 0.717) is 18.3 Å². The molecule has 0 fully saturated rings. The van der Waals surface area contributed by atoms with Crippen molar-refractivity contribution in [2.75, 3.05) is 6.61 Å². The summed E-state index contributed by atoms with van der Waals surface area (Å²) in [6, 6.07) is 6.52. The van der Waals surface area contributed by atoms with E-state index in [1.165, 1.54) is 6.07 Å².